The number of hydrogen-bond acceptors (Lipinski definition) is 11. The van der Waals surface area contributed by atoms with Crippen molar-refractivity contribution in [2.45, 2.75) is 152 Å². The highest BCUT2D eigenvalue weighted by Crippen LogP contribution is 2.28. The standard InChI is InChI=1S/C53H78N16O9/c1-31(70)63-38(21-12-24-60-52(55)56)46(73)69-43-29-44(71)59-23-11-10-20-37(45(54)72)64-50(77)42(28-34-30-62-36-19-9-8-18-35(34)36)68-47(74)39(22-13-25-61-53(57)58)65-48(75)40(26-32-14-4-2-5-15-32)66-49(76)41(67-51(43)78)27-33-16-6-3-7-17-33/h2,4-5,8-9,14-15,18-19,30,33,37-43,62H,3,6-7,10-13,16-17,20-29H2,1H3,(H2,54,72)(H,59,71)(H,63,70)(H,64,77)(H,65,75)(H,66,76)(H,67,78)(H,68,74)(H,69,73)(H4,55,56,60)(H4,57,58,61)/t37-,38-,39-,40+,41+,42-,43-/m0/s1. The second-order valence-corrected chi connectivity index (χ2v) is 20.0. The molecule has 78 heavy (non-hydrogen) atoms. The summed E-state index contributed by atoms with van der Waals surface area (Å²) in [5, 5.41) is 22.7. The summed E-state index contributed by atoms with van der Waals surface area (Å²) in [5.74, 6) is -7.17. The Morgan fingerprint density at radius 1 is 0.654 bits per heavy atom. The summed E-state index contributed by atoms with van der Waals surface area (Å²) in [6, 6.07) is 6.90. The Morgan fingerprint density at radius 3 is 1.92 bits per heavy atom. The van der Waals surface area contributed by atoms with Crippen molar-refractivity contribution in [1.82, 2.24) is 47.5 Å². The number of nitrogens with zero attached hydrogens (tertiary/aromatic N) is 2. The molecule has 1 saturated carbocycles. The molecule has 2 fully saturated rings. The first-order valence-corrected chi connectivity index (χ1v) is 26.7. The molecule has 2 aromatic carbocycles. The number of H-pyrrole nitrogens is 1. The third kappa shape index (κ3) is 20.4. The van der Waals surface area contributed by atoms with Gasteiger partial charge in [0.1, 0.15) is 42.3 Å². The molecule has 0 spiro atoms. The fourth-order valence-corrected chi connectivity index (χ4v) is 9.65. The number of aromatic amines is 1. The van der Waals surface area contributed by atoms with Gasteiger partial charge in [-0.3, -0.25) is 53.1 Å². The first-order chi connectivity index (χ1) is 37.4. The number of nitrogens with two attached hydrogens (primary N) is 5. The number of para-hydroxylation sites is 1. The lowest BCUT2D eigenvalue weighted by molar-refractivity contribution is -0.136. The number of rotatable bonds is 18. The van der Waals surface area contributed by atoms with E-state index in [4.69, 9.17) is 28.7 Å². The average Bonchev–Trinajstić information content (AvgIpc) is 3.82. The Labute approximate surface area is 453 Å². The predicted octanol–water partition coefficient (Wildman–Crippen LogP) is -1.38. The van der Waals surface area contributed by atoms with Crippen LogP contribution < -0.4 is 71.2 Å². The van der Waals surface area contributed by atoms with E-state index >= 15 is 0 Å². The van der Waals surface area contributed by atoms with Crippen LogP contribution >= 0.6 is 0 Å². The van der Waals surface area contributed by atoms with E-state index < -0.39 is 102 Å². The van der Waals surface area contributed by atoms with Crippen molar-refractivity contribution in [1.29, 1.82) is 0 Å². The third-order valence-corrected chi connectivity index (χ3v) is 13.7. The lowest BCUT2D eigenvalue weighted by Gasteiger charge is -2.30. The zero-order valence-electron chi connectivity index (χ0n) is 44.3. The highest BCUT2D eigenvalue weighted by molar-refractivity contribution is 5.99. The fraction of sp³-hybridized carbons (Fsp3) is 0.528. The molecule has 25 heteroatoms. The molecule has 1 aliphatic carbocycles. The second-order valence-electron chi connectivity index (χ2n) is 20.0. The Bertz CT molecular complexity index is 2590. The molecule has 3 aromatic rings. The van der Waals surface area contributed by atoms with Crippen LogP contribution in [0.3, 0.4) is 0 Å². The molecule has 0 bridgehead atoms. The molecule has 424 valence electrons. The topological polar surface area (TPSA) is 420 Å². The molecular formula is C53H78N16O9. The van der Waals surface area contributed by atoms with Gasteiger partial charge in [0.25, 0.3) is 0 Å². The molecule has 5 rings (SSSR count). The van der Waals surface area contributed by atoms with Crippen LogP contribution in [0.2, 0.25) is 0 Å². The highest BCUT2D eigenvalue weighted by atomic mass is 16.2. The fourth-order valence-electron chi connectivity index (χ4n) is 9.65. The van der Waals surface area contributed by atoms with Crippen LogP contribution in [0.5, 0.6) is 0 Å². The number of aromatic nitrogens is 1. The van der Waals surface area contributed by atoms with E-state index in [1.54, 1.807) is 36.5 Å². The minimum Gasteiger partial charge on any atom is -0.370 e. The van der Waals surface area contributed by atoms with E-state index in [2.05, 4.69) is 57.5 Å². The molecule has 2 heterocycles. The van der Waals surface area contributed by atoms with E-state index in [1.807, 2.05) is 24.3 Å². The average molecular weight is 1080 g/mol. The maximum Gasteiger partial charge on any atom is 0.243 e. The van der Waals surface area contributed by atoms with E-state index in [0.29, 0.717) is 11.1 Å². The van der Waals surface area contributed by atoms with E-state index in [1.165, 1.54) is 6.92 Å². The van der Waals surface area contributed by atoms with Crippen LogP contribution in [0.15, 0.2) is 70.8 Å². The lowest BCUT2D eigenvalue weighted by Crippen LogP contribution is -2.61. The van der Waals surface area contributed by atoms with Gasteiger partial charge in [0.15, 0.2) is 11.9 Å². The number of amides is 9. The van der Waals surface area contributed by atoms with Crippen molar-refractivity contribution in [2.75, 3.05) is 19.6 Å². The summed E-state index contributed by atoms with van der Waals surface area (Å²) in [7, 11) is 0. The largest absolute Gasteiger partial charge is 0.370 e. The quantitative estimate of drug-likeness (QED) is 0.0397. The number of carbonyl (C=O) groups is 9. The zero-order chi connectivity index (χ0) is 56.6. The Kier molecular flexibility index (Phi) is 24.2. The van der Waals surface area contributed by atoms with Gasteiger partial charge >= 0.3 is 0 Å². The maximum absolute atomic E-state index is 14.8. The summed E-state index contributed by atoms with van der Waals surface area (Å²) >= 11 is 0. The summed E-state index contributed by atoms with van der Waals surface area (Å²) < 4.78 is 0. The van der Waals surface area contributed by atoms with Crippen molar-refractivity contribution in [2.24, 2.45) is 44.6 Å². The molecular weight excluding hydrogens is 1000 g/mol. The Hall–Kier alpha value is -8.25. The number of hydrogen-bond donors (Lipinski definition) is 14. The van der Waals surface area contributed by atoms with Crippen molar-refractivity contribution < 1.29 is 43.2 Å². The molecule has 0 radical (unpaired) electrons. The van der Waals surface area contributed by atoms with Gasteiger partial charge in [-0.2, -0.15) is 0 Å². The van der Waals surface area contributed by atoms with Crippen LogP contribution in [0.1, 0.15) is 108 Å². The summed E-state index contributed by atoms with van der Waals surface area (Å²) in [4.78, 5) is 137. The lowest BCUT2D eigenvalue weighted by atomic mass is 9.84. The summed E-state index contributed by atoms with van der Waals surface area (Å²) in [5.41, 5.74) is 30.1. The Morgan fingerprint density at radius 2 is 1.24 bits per heavy atom. The maximum atomic E-state index is 14.8. The molecule has 1 aromatic heterocycles. The molecule has 2 aliphatic rings. The van der Waals surface area contributed by atoms with Gasteiger partial charge < -0.3 is 76.2 Å². The Balaban J connectivity index is 1.55. The monoisotopic (exact) mass is 1080 g/mol. The van der Waals surface area contributed by atoms with Gasteiger partial charge in [0.05, 0.1) is 6.42 Å². The summed E-state index contributed by atoms with van der Waals surface area (Å²) in [6.45, 7) is 1.46. The number of carbonyl (C=O) groups excluding carboxylic acids is 9. The van der Waals surface area contributed by atoms with Crippen molar-refractivity contribution in [3.8, 4) is 0 Å². The molecule has 0 unspecified atom stereocenters. The number of fused-ring (bicyclic) bond motifs is 1. The second kappa shape index (κ2) is 31.1. The molecule has 1 aliphatic heterocycles. The highest BCUT2D eigenvalue weighted by Gasteiger charge is 2.36. The zero-order valence-corrected chi connectivity index (χ0v) is 44.3. The van der Waals surface area contributed by atoms with Crippen LogP contribution in [-0.4, -0.2) is 132 Å². The van der Waals surface area contributed by atoms with Crippen LogP contribution in [0.25, 0.3) is 10.9 Å². The number of benzene rings is 2. The van der Waals surface area contributed by atoms with Crippen LogP contribution in [-0.2, 0) is 56.0 Å². The first-order valence-electron chi connectivity index (χ1n) is 26.7. The first kappa shape index (κ1) is 60.6. The van der Waals surface area contributed by atoms with E-state index in [0.717, 1.165) is 43.0 Å². The molecule has 19 N–H and O–H groups in total. The van der Waals surface area contributed by atoms with Crippen molar-refractivity contribution in [3.05, 3.63) is 71.9 Å². The normalized spacial score (nSPS) is 22.2. The SMILES string of the molecule is CC(=O)N[C@@H](CCCN=C(N)N)C(=O)N[C@H]1CC(=O)NCCCC[C@@H](C(N)=O)NC(=O)[C@H](Cc2c[nH]c3ccccc23)NC(=O)[C@H](CCCN=C(N)N)NC(=O)[C@@H](Cc2ccccc2)NC(=O)[C@@H](CC2CCCCC2)NC1=O. The van der Waals surface area contributed by atoms with E-state index in [9.17, 15) is 43.2 Å². The van der Waals surface area contributed by atoms with Crippen LogP contribution in [0, 0.1) is 5.92 Å². The molecule has 1 saturated heterocycles. The van der Waals surface area contributed by atoms with Gasteiger partial charge in [-0.05, 0) is 74.5 Å². The number of guanidine groups is 2. The summed E-state index contributed by atoms with van der Waals surface area (Å²) in [6.07, 6.45) is 6.44. The van der Waals surface area contributed by atoms with Crippen molar-refractivity contribution >= 4 is 76.0 Å². The number of nitrogens with one attached hydrogen (secondary N) is 9. The van der Waals surface area contributed by atoms with Gasteiger partial charge in [-0.15, -0.1) is 0 Å². The predicted molar refractivity (Wildman–Crippen MR) is 293 cm³/mol. The van der Waals surface area contributed by atoms with Crippen LogP contribution in [0.4, 0.5) is 0 Å². The van der Waals surface area contributed by atoms with Crippen molar-refractivity contribution in [3.63, 3.8) is 0 Å². The number of primary amides is 1. The molecule has 7 atom stereocenters. The minimum atomic E-state index is -1.58. The van der Waals surface area contributed by atoms with E-state index in [-0.39, 0.29) is 102 Å². The van der Waals surface area contributed by atoms with Gasteiger partial charge in [0, 0.05) is 56.5 Å². The molecule has 9 amide bonds. The minimum absolute atomic E-state index is 0.0218. The van der Waals surface area contributed by atoms with Gasteiger partial charge in [-0.1, -0.05) is 80.6 Å². The number of aliphatic imine (C=N–C) groups is 2. The molecule has 25 nitrogen and oxygen atoms in total. The van der Waals surface area contributed by atoms with Gasteiger partial charge in [0.2, 0.25) is 53.2 Å². The third-order valence-electron chi connectivity index (χ3n) is 13.7. The smallest absolute Gasteiger partial charge is 0.243 e. The van der Waals surface area contributed by atoms with Gasteiger partial charge in [-0.25, -0.2) is 0 Å².